The van der Waals surface area contributed by atoms with Crippen molar-refractivity contribution in [1.29, 1.82) is 0 Å². The highest BCUT2D eigenvalue weighted by molar-refractivity contribution is 7.00. The Morgan fingerprint density at radius 2 is 0.862 bits per heavy atom. The van der Waals surface area contributed by atoms with Crippen molar-refractivity contribution in [2.45, 2.75) is 206 Å². The molecule has 4 unspecified atom stereocenters. The summed E-state index contributed by atoms with van der Waals surface area (Å²) in [5.41, 5.74) is 26.0. The number of rotatable bonds is 2. The molecule has 10 aromatic rings. The second-order valence-electron chi connectivity index (χ2n) is 32.3. The monoisotopic (exact) mass is 1180 g/mol. The normalized spacial score (nSPS) is 22.8. The quantitative estimate of drug-likeness (QED) is 0.160. The van der Waals surface area contributed by atoms with Gasteiger partial charge in [0.25, 0.3) is 6.71 Å². The third-order valence-corrected chi connectivity index (χ3v) is 23.6. The molecule has 2 saturated carbocycles. The van der Waals surface area contributed by atoms with Crippen LogP contribution in [-0.2, 0) is 32.5 Å². The summed E-state index contributed by atoms with van der Waals surface area (Å²) in [5, 5.41) is 6.90. The Balaban J connectivity index is 0.000000147. The first-order valence-corrected chi connectivity index (χ1v) is 33.4. The molecule has 16 rings (SSSR count). The lowest BCUT2D eigenvalue weighted by molar-refractivity contribution is 0.195. The van der Waals surface area contributed by atoms with Crippen LogP contribution >= 0.6 is 23.2 Å². The molecule has 0 spiro atoms. The fourth-order valence-corrected chi connectivity index (χ4v) is 18.3. The van der Waals surface area contributed by atoms with Crippen molar-refractivity contribution in [1.82, 2.24) is 9.13 Å². The summed E-state index contributed by atoms with van der Waals surface area (Å²) in [5.74, 6) is 0. The number of aromatic nitrogens is 2. The van der Waals surface area contributed by atoms with Gasteiger partial charge in [-0.3, -0.25) is 0 Å². The zero-order valence-corrected chi connectivity index (χ0v) is 56.1. The highest BCUT2D eigenvalue weighted by Crippen LogP contribution is 2.63. The standard InChI is InChI=1S/C40H42BClN2.C40H45ClN2/c1-37(2,3)23-14-15-31-26(18-23)27-19-24(38(4,5)6)20-30-35(27)43(31)32-21-25(42)22-33-34(32)41(30)29-13-11-12-28-36(29)44(33)40(8)17-10-9-16-39(28,40)7;1-37(2,3)26-15-17-34-31(21-26)32-22-27(38(4,5)6)16-18-35(32)42(34)29-23-28(41)24-30(25-29)43-36-14-10-9-13-33(36)39(7)19-11-12-20-40(39,43)8/h11-15,18-22H,9-10,16-17H2,1-8H3;9-10,13-18,21-25H,11-12,19-20H2,1-8H3. The summed E-state index contributed by atoms with van der Waals surface area (Å²) >= 11 is 14.2. The van der Waals surface area contributed by atoms with E-state index in [9.17, 15) is 0 Å². The van der Waals surface area contributed by atoms with Crippen LogP contribution in [0.3, 0.4) is 0 Å². The van der Waals surface area contributed by atoms with E-state index in [-0.39, 0.29) is 50.3 Å². The first-order valence-electron chi connectivity index (χ1n) is 32.7. The number of hydrogen-bond acceptors (Lipinski definition) is 2. The fourth-order valence-electron chi connectivity index (χ4n) is 17.8. The Hall–Kier alpha value is -6.40. The van der Waals surface area contributed by atoms with Crippen LogP contribution in [0.5, 0.6) is 0 Å². The van der Waals surface area contributed by atoms with Gasteiger partial charge in [-0.15, -0.1) is 0 Å². The minimum Gasteiger partial charge on any atom is -0.335 e. The summed E-state index contributed by atoms with van der Waals surface area (Å²) < 4.78 is 5.00. The molecule has 2 aliphatic carbocycles. The largest absolute Gasteiger partial charge is 0.335 e. The Morgan fingerprint density at radius 3 is 1.45 bits per heavy atom. The maximum absolute atomic E-state index is 7.16. The van der Waals surface area contributed by atoms with Crippen molar-refractivity contribution < 1.29 is 0 Å². The van der Waals surface area contributed by atoms with Crippen LogP contribution in [0.25, 0.3) is 55.0 Å². The van der Waals surface area contributed by atoms with E-state index in [1.807, 2.05) is 0 Å². The molecule has 87 heavy (non-hydrogen) atoms. The second-order valence-corrected chi connectivity index (χ2v) is 33.2. The number of nitrogens with zero attached hydrogens (tertiary/aromatic N) is 4. The molecule has 444 valence electrons. The second kappa shape index (κ2) is 18.6. The van der Waals surface area contributed by atoms with Gasteiger partial charge in [0, 0.05) is 82.1 Å². The third-order valence-electron chi connectivity index (χ3n) is 23.2. The summed E-state index contributed by atoms with van der Waals surface area (Å²) in [6.45, 7) is 38.0. The summed E-state index contributed by atoms with van der Waals surface area (Å²) in [6, 6.07) is 53.8. The van der Waals surface area contributed by atoms with E-state index in [0.29, 0.717) is 0 Å². The average molecular weight is 1190 g/mol. The SMILES string of the molecule is CC(C)(C)c1ccc2c(c1)c1cc(C(C)(C)C)cc3c1n2-c1cc(Cl)cc2c1B3c1cccc3c1N2C1(C)CCCCC31C.CC(C)(C)c1ccc2c(c1)c1cc(C(C)(C)C)ccc1n2-c1cc(Cl)cc(N2c3ccccc3C3(C)CCCCC23C)c1. The van der Waals surface area contributed by atoms with Crippen molar-refractivity contribution >= 4 is 113 Å². The van der Waals surface area contributed by atoms with E-state index in [2.05, 4.69) is 269 Å². The van der Waals surface area contributed by atoms with Crippen molar-refractivity contribution in [3.8, 4) is 11.4 Å². The Kier molecular flexibility index (Phi) is 12.2. The molecule has 0 bridgehead atoms. The third kappa shape index (κ3) is 7.95. The lowest BCUT2D eigenvalue weighted by Gasteiger charge is -2.52. The van der Waals surface area contributed by atoms with Crippen LogP contribution in [-0.4, -0.2) is 26.9 Å². The molecule has 0 radical (unpaired) electrons. The summed E-state index contributed by atoms with van der Waals surface area (Å²) in [6.07, 6.45) is 9.91. The van der Waals surface area contributed by atoms with Crippen molar-refractivity contribution in [2.75, 3.05) is 9.80 Å². The predicted molar refractivity (Wildman–Crippen MR) is 377 cm³/mol. The van der Waals surface area contributed by atoms with Gasteiger partial charge >= 0.3 is 0 Å². The molecule has 0 saturated heterocycles. The van der Waals surface area contributed by atoms with Gasteiger partial charge < -0.3 is 18.9 Å². The van der Waals surface area contributed by atoms with Crippen LogP contribution in [0.4, 0.5) is 22.7 Å². The molecular weight excluding hydrogens is 1100 g/mol. The molecule has 7 heteroatoms. The summed E-state index contributed by atoms with van der Waals surface area (Å²) in [4.78, 5) is 5.39. The highest BCUT2D eigenvalue weighted by atomic mass is 35.5. The zero-order chi connectivity index (χ0) is 61.2. The van der Waals surface area contributed by atoms with Crippen molar-refractivity contribution in [3.63, 3.8) is 0 Å². The molecule has 2 aromatic heterocycles. The number of hydrogen-bond donors (Lipinski definition) is 0. The number of fused-ring (bicyclic) bond motifs is 16. The van der Waals surface area contributed by atoms with Crippen LogP contribution in [0.1, 0.15) is 196 Å². The molecule has 4 aliphatic heterocycles. The summed E-state index contributed by atoms with van der Waals surface area (Å²) in [7, 11) is 0. The molecule has 2 fully saturated rings. The molecule has 6 heterocycles. The van der Waals surface area contributed by atoms with Gasteiger partial charge in [0.2, 0.25) is 0 Å². The van der Waals surface area contributed by atoms with Gasteiger partial charge in [-0.25, -0.2) is 0 Å². The van der Waals surface area contributed by atoms with Crippen LogP contribution in [0.2, 0.25) is 10.0 Å². The number of anilines is 4. The highest BCUT2D eigenvalue weighted by Gasteiger charge is 2.62. The van der Waals surface area contributed by atoms with E-state index in [1.165, 1.54) is 173 Å². The minimum absolute atomic E-state index is 0.0102. The van der Waals surface area contributed by atoms with Crippen LogP contribution in [0.15, 0.2) is 140 Å². The van der Waals surface area contributed by atoms with Crippen molar-refractivity contribution in [3.05, 3.63) is 183 Å². The average Bonchev–Trinajstić information content (AvgIpc) is 1.57. The Bertz CT molecular complexity index is 4520. The van der Waals surface area contributed by atoms with E-state index >= 15 is 0 Å². The molecule has 0 amide bonds. The molecule has 6 aliphatic rings. The maximum Gasteiger partial charge on any atom is 0.252 e. The maximum atomic E-state index is 7.16. The van der Waals surface area contributed by atoms with Gasteiger partial charge in [0.05, 0.1) is 27.6 Å². The Labute approximate surface area is 528 Å². The van der Waals surface area contributed by atoms with Gasteiger partial charge in [-0.05, 0) is 190 Å². The number of benzene rings is 8. The van der Waals surface area contributed by atoms with E-state index in [4.69, 9.17) is 23.2 Å². The fraction of sp³-hybridized carbons (Fsp3) is 0.400. The van der Waals surface area contributed by atoms with Crippen molar-refractivity contribution in [2.24, 2.45) is 0 Å². The number of para-hydroxylation sites is 2. The van der Waals surface area contributed by atoms with Gasteiger partial charge in [-0.1, -0.05) is 206 Å². The first kappa shape index (κ1) is 57.1. The van der Waals surface area contributed by atoms with E-state index in [1.54, 1.807) is 0 Å². The smallest absolute Gasteiger partial charge is 0.252 e. The van der Waals surface area contributed by atoms with Crippen LogP contribution < -0.4 is 26.2 Å². The zero-order valence-electron chi connectivity index (χ0n) is 54.6. The lowest BCUT2D eigenvalue weighted by Crippen LogP contribution is -2.64. The van der Waals surface area contributed by atoms with Crippen LogP contribution in [0, 0.1) is 0 Å². The molecule has 0 N–H and O–H groups in total. The molecule has 4 nitrogen and oxygen atoms in total. The van der Waals surface area contributed by atoms with Gasteiger partial charge in [0.1, 0.15) is 0 Å². The number of halogens is 2. The van der Waals surface area contributed by atoms with E-state index < -0.39 is 0 Å². The lowest BCUT2D eigenvalue weighted by atomic mass is 9.33. The molecule has 4 atom stereocenters. The predicted octanol–water partition coefficient (Wildman–Crippen LogP) is 20.7. The minimum atomic E-state index is -0.0130. The van der Waals surface area contributed by atoms with Gasteiger partial charge in [0.15, 0.2) is 0 Å². The van der Waals surface area contributed by atoms with E-state index in [0.717, 1.165) is 15.7 Å². The molecular formula is C80H87BCl2N4. The molecule has 8 aromatic carbocycles. The first-order chi connectivity index (χ1) is 41.0. The topological polar surface area (TPSA) is 16.3 Å². The Morgan fingerprint density at radius 1 is 0.391 bits per heavy atom. The van der Waals surface area contributed by atoms with Gasteiger partial charge in [-0.2, -0.15) is 0 Å².